The summed E-state index contributed by atoms with van der Waals surface area (Å²) in [6.45, 7) is 0.938. The van der Waals surface area contributed by atoms with Gasteiger partial charge in [0.25, 0.3) is 11.6 Å². The van der Waals surface area contributed by atoms with E-state index in [1.54, 1.807) is 6.07 Å². The van der Waals surface area contributed by atoms with Gasteiger partial charge >= 0.3 is 5.97 Å². The second kappa shape index (κ2) is 8.30. The summed E-state index contributed by atoms with van der Waals surface area (Å²) >= 11 is 5.85. The molecule has 136 valence electrons. The van der Waals surface area contributed by atoms with Crippen LogP contribution >= 0.6 is 11.6 Å². The number of nitrogens with zero attached hydrogens (tertiary/aromatic N) is 1. The minimum atomic E-state index is -0.782. The Hall–Kier alpha value is -3.13. The number of halogens is 1. The molecule has 0 unspecified atom stereocenters. The highest BCUT2D eigenvalue weighted by Gasteiger charge is 2.18. The van der Waals surface area contributed by atoms with Gasteiger partial charge < -0.3 is 14.8 Å². The maximum absolute atomic E-state index is 12.1. The quantitative estimate of drug-likeness (QED) is 0.469. The normalized spacial score (nSPS) is 10.1. The van der Waals surface area contributed by atoms with Crippen LogP contribution in [0.1, 0.15) is 15.9 Å². The summed E-state index contributed by atoms with van der Waals surface area (Å²) in [5, 5.41) is 13.7. The maximum Gasteiger partial charge on any atom is 0.342 e. The number of nitro groups is 1. The van der Waals surface area contributed by atoms with Gasteiger partial charge in [-0.25, -0.2) is 4.79 Å². The van der Waals surface area contributed by atoms with Crippen LogP contribution < -0.4 is 10.1 Å². The van der Waals surface area contributed by atoms with Crippen LogP contribution in [0.4, 0.5) is 11.4 Å². The van der Waals surface area contributed by atoms with E-state index in [1.807, 2.05) is 0 Å². The Kier molecular flexibility index (Phi) is 6.13. The van der Waals surface area contributed by atoms with Crippen LogP contribution in [0.25, 0.3) is 0 Å². The number of hydrogen-bond donors (Lipinski definition) is 1. The van der Waals surface area contributed by atoms with Crippen molar-refractivity contribution in [3.05, 3.63) is 62.7 Å². The number of esters is 1. The summed E-state index contributed by atoms with van der Waals surface area (Å²) in [6, 6.07) is 8.72. The van der Waals surface area contributed by atoms with Gasteiger partial charge in [-0.1, -0.05) is 17.7 Å². The Morgan fingerprint density at radius 2 is 2.00 bits per heavy atom. The first kappa shape index (κ1) is 19.2. The third-order valence-electron chi connectivity index (χ3n) is 3.49. The number of nitrogens with one attached hydrogen (secondary N) is 1. The number of nitro benzene ring substituents is 1. The van der Waals surface area contributed by atoms with Gasteiger partial charge in [0.05, 0.1) is 23.3 Å². The van der Waals surface area contributed by atoms with Crippen molar-refractivity contribution in [2.24, 2.45) is 0 Å². The number of amides is 1. The first-order valence-corrected chi connectivity index (χ1v) is 7.75. The molecule has 9 heteroatoms. The fourth-order valence-corrected chi connectivity index (χ4v) is 2.36. The summed E-state index contributed by atoms with van der Waals surface area (Å²) in [7, 11) is 1.39. The van der Waals surface area contributed by atoms with Gasteiger partial charge in [-0.05, 0) is 31.2 Å². The summed E-state index contributed by atoms with van der Waals surface area (Å²) in [5.74, 6) is -1.16. The molecule has 1 amide bonds. The Labute approximate surface area is 153 Å². The average molecular weight is 379 g/mol. The molecular weight excluding hydrogens is 364 g/mol. The molecule has 26 heavy (non-hydrogen) atoms. The van der Waals surface area contributed by atoms with Gasteiger partial charge in [-0.2, -0.15) is 0 Å². The molecule has 0 radical (unpaired) electrons. The van der Waals surface area contributed by atoms with E-state index in [1.165, 1.54) is 44.4 Å². The molecule has 0 saturated heterocycles. The Bertz CT molecular complexity index is 868. The standard InChI is InChI=1S/C17H15ClN2O6/c1-10-13(4-3-5-14(10)20(23)24)19-16(21)9-26-17(22)12-8-11(18)6-7-15(12)25-2/h3-8H,9H2,1-2H3,(H,19,21). The van der Waals surface area contributed by atoms with Crippen molar-refractivity contribution in [2.75, 3.05) is 19.0 Å². The van der Waals surface area contributed by atoms with Crippen LogP contribution in [-0.2, 0) is 9.53 Å². The zero-order chi connectivity index (χ0) is 19.3. The summed E-state index contributed by atoms with van der Waals surface area (Å²) in [6.07, 6.45) is 0. The predicted octanol–water partition coefficient (Wildman–Crippen LogP) is 3.36. The molecule has 0 atom stereocenters. The van der Waals surface area contributed by atoms with E-state index in [2.05, 4.69) is 5.32 Å². The van der Waals surface area contributed by atoms with Gasteiger partial charge in [-0.15, -0.1) is 0 Å². The lowest BCUT2D eigenvalue weighted by atomic mass is 10.1. The number of anilines is 1. The van der Waals surface area contributed by atoms with Crippen LogP contribution in [0, 0.1) is 17.0 Å². The lowest BCUT2D eigenvalue weighted by molar-refractivity contribution is -0.385. The van der Waals surface area contributed by atoms with E-state index >= 15 is 0 Å². The largest absolute Gasteiger partial charge is 0.496 e. The van der Waals surface area contributed by atoms with Crippen molar-refractivity contribution in [3.8, 4) is 5.75 Å². The number of methoxy groups -OCH3 is 1. The van der Waals surface area contributed by atoms with E-state index in [9.17, 15) is 19.7 Å². The van der Waals surface area contributed by atoms with Gasteiger partial charge in [0.1, 0.15) is 11.3 Å². The van der Waals surface area contributed by atoms with Crippen LogP contribution in [0.2, 0.25) is 5.02 Å². The Morgan fingerprint density at radius 1 is 1.27 bits per heavy atom. The number of ether oxygens (including phenoxy) is 2. The van der Waals surface area contributed by atoms with Crippen LogP contribution in [0.5, 0.6) is 5.75 Å². The first-order chi connectivity index (χ1) is 12.3. The molecule has 2 aromatic rings. The van der Waals surface area contributed by atoms with Crippen molar-refractivity contribution < 1.29 is 24.0 Å². The first-order valence-electron chi connectivity index (χ1n) is 7.38. The SMILES string of the molecule is COc1ccc(Cl)cc1C(=O)OCC(=O)Nc1cccc([N+](=O)[O-])c1C. The third-order valence-corrected chi connectivity index (χ3v) is 3.73. The number of rotatable bonds is 6. The van der Waals surface area contributed by atoms with Gasteiger partial charge in [0, 0.05) is 11.1 Å². The molecule has 0 saturated carbocycles. The van der Waals surface area contributed by atoms with Crippen molar-refractivity contribution in [2.45, 2.75) is 6.92 Å². The van der Waals surface area contributed by atoms with E-state index < -0.39 is 23.4 Å². The number of hydrogen-bond acceptors (Lipinski definition) is 6. The molecule has 0 aliphatic rings. The second-order valence-corrected chi connectivity index (χ2v) is 5.61. The molecule has 2 aromatic carbocycles. The van der Waals surface area contributed by atoms with Crippen LogP contribution in [0.3, 0.4) is 0 Å². The topological polar surface area (TPSA) is 108 Å². The second-order valence-electron chi connectivity index (χ2n) is 5.18. The molecule has 0 aromatic heterocycles. The van der Waals surface area contributed by atoms with Gasteiger partial charge in [0.15, 0.2) is 6.61 Å². The van der Waals surface area contributed by atoms with Crippen molar-refractivity contribution in [1.29, 1.82) is 0 Å². The fraction of sp³-hybridized carbons (Fsp3) is 0.176. The molecule has 0 fully saturated rings. The van der Waals surface area contributed by atoms with E-state index in [0.717, 1.165) is 0 Å². The summed E-state index contributed by atoms with van der Waals surface area (Å²) < 4.78 is 10.0. The minimum Gasteiger partial charge on any atom is -0.496 e. The van der Waals surface area contributed by atoms with Gasteiger partial charge in [0.2, 0.25) is 0 Å². The van der Waals surface area contributed by atoms with Gasteiger partial charge in [-0.3, -0.25) is 14.9 Å². The van der Waals surface area contributed by atoms with Crippen LogP contribution in [0.15, 0.2) is 36.4 Å². The highest BCUT2D eigenvalue weighted by molar-refractivity contribution is 6.31. The molecule has 0 heterocycles. The lowest BCUT2D eigenvalue weighted by Crippen LogP contribution is -2.21. The van der Waals surface area contributed by atoms with Crippen molar-refractivity contribution in [1.82, 2.24) is 0 Å². The highest BCUT2D eigenvalue weighted by atomic mass is 35.5. The molecule has 0 aliphatic carbocycles. The molecule has 1 N–H and O–H groups in total. The number of benzene rings is 2. The number of carbonyl (C=O) groups excluding carboxylic acids is 2. The number of carbonyl (C=O) groups is 2. The summed E-state index contributed by atoms with van der Waals surface area (Å²) in [4.78, 5) is 34.5. The molecule has 0 aliphatic heterocycles. The van der Waals surface area contributed by atoms with E-state index in [0.29, 0.717) is 10.6 Å². The Balaban J connectivity index is 2.04. The molecular formula is C17H15ClN2O6. The smallest absolute Gasteiger partial charge is 0.342 e. The molecule has 2 rings (SSSR count). The zero-order valence-electron chi connectivity index (χ0n) is 13.9. The van der Waals surface area contributed by atoms with Crippen LogP contribution in [-0.4, -0.2) is 30.5 Å². The summed E-state index contributed by atoms with van der Waals surface area (Å²) in [5.41, 5.74) is 0.525. The highest BCUT2D eigenvalue weighted by Crippen LogP contribution is 2.25. The maximum atomic E-state index is 12.1. The van der Waals surface area contributed by atoms with Crippen molar-refractivity contribution in [3.63, 3.8) is 0 Å². The van der Waals surface area contributed by atoms with E-state index in [4.69, 9.17) is 21.1 Å². The molecule has 0 spiro atoms. The predicted molar refractivity (Wildman–Crippen MR) is 94.7 cm³/mol. The fourth-order valence-electron chi connectivity index (χ4n) is 2.19. The third kappa shape index (κ3) is 4.48. The zero-order valence-corrected chi connectivity index (χ0v) is 14.7. The van der Waals surface area contributed by atoms with Crippen molar-refractivity contribution >= 4 is 34.9 Å². The monoisotopic (exact) mass is 378 g/mol. The lowest BCUT2D eigenvalue weighted by Gasteiger charge is -2.10. The molecule has 8 nitrogen and oxygen atoms in total. The Morgan fingerprint density at radius 3 is 2.65 bits per heavy atom. The molecule has 0 bridgehead atoms. The average Bonchev–Trinajstić information content (AvgIpc) is 2.61. The minimum absolute atomic E-state index is 0.0827. The van der Waals surface area contributed by atoms with E-state index in [-0.39, 0.29) is 22.7 Å².